The standard InChI is InChI=1S/C48H45NO2/c1-48(2,3)42-24-20-40(21-25-42)18-16-38-12-8-36(9-13-38)6-7-37-10-14-39(15-11-37)17-19-41-22-26-43(27-23-41)49(44-28-32-46(50-4)33-29-44)45-30-34-47(51-5)35-31-45/h6-35H,1-5H3. The van der Waals surface area contributed by atoms with Gasteiger partial charge >= 0.3 is 0 Å². The molecule has 0 N–H and O–H groups in total. The fourth-order valence-corrected chi connectivity index (χ4v) is 5.75. The summed E-state index contributed by atoms with van der Waals surface area (Å²) in [5.41, 5.74) is 11.7. The predicted octanol–water partition coefficient (Wildman–Crippen LogP) is 13.0. The molecule has 6 rings (SSSR count). The van der Waals surface area contributed by atoms with E-state index in [9.17, 15) is 0 Å². The predicted molar refractivity (Wildman–Crippen MR) is 219 cm³/mol. The second kappa shape index (κ2) is 16.1. The van der Waals surface area contributed by atoms with Crippen molar-refractivity contribution in [3.8, 4) is 11.5 Å². The summed E-state index contributed by atoms with van der Waals surface area (Å²) in [4.78, 5) is 2.22. The Kier molecular flexibility index (Phi) is 11.0. The first kappa shape index (κ1) is 34.8. The van der Waals surface area contributed by atoms with Gasteiger partial charge in [-0.3, -0.25) is 0 Å². The third-order valence-electron chi connectivity index (χ3n) is 8.87. The van der Waals surface area contributed by atoms with Crippen LogP contribution >= 0.6 is 0 Å². The van der Waals surface area contributed by atoms with Gasteiger partial charge in [0, 0.05) is 17.1 Å². The summed E-state index contributed by atoms with van der Waals surface area (Å²) in [5, 5.41) is 0. The Morgan fingerprint density at radius 3 is 0.843 bits per heavy atom. The lowest BCUT2D eigenvalue weighted by atomic mass is 9.87. The van der Waals surface area contributed by atoms with Gasteiger partial charge in [0.2, 0.25) is 0 Å². The second-order valence-corrected chi connectivity index (χ2v) is 13.5. The zero-order chi connectivity index (χ0) is 35.6. The van der Waals surface area contributed by atoms with Gasteiger partial charge in [-0.1, -0.05) is 142 Å². The topological polar surface area (TPSA) is 21.7 Å². The van der Waals surface area contributed by atoms with E-state index in [4.69, 9.17) is 9.47 Å². The molecule has 0 aliphatic rings. The van der Waals surface area contributed by atoms with E-state index in [2.05, 4.69) is 183 Å². The van der Waals surface area contributed by atoms with Crippen molar-refractivity contribution in [3.05, 3.63) is 185 Å². The molecule has 6 aromatic rings. The molecule has 0 saturated carbocycles. The fourth-order valence-electron chi connectivity index (χ4n) is 5.75. The maximum Gasteiger partial charge on any atom is 0.119 e. The van der Waals surface area contributed by atoms with Crippen LogP contribution in [0.4, 0.5) is 17.1 Å². The smallest absolute Gasteiger partial charge is 0.119 e. The Labute approximate surface area is 303 Å². The minimum Gasteiger partial charge on any atom is -0.497 e. The van der Waals surface area contributed by atoms with E-state index < -0.39 is 0 Å². The highest BCUT2D eigenvalue weighted by atomic mass is 16.5. The minimum absolute atomic E-state index is 0.169. The Morgan fingerprint density at radius 2 is 0.588 bits per heavy atom. The zero-order valence-corrected chi connectivity index (χ0v) is 30.1. The van der Waals surface area contributed by atoms with Gasteiger partial charge in [0.25, 0.3) is 0 Å². The molecule has 0 heterocycles. The van der Waals surface area contributed by atoms with Crippen LogP contribution in [0.15, 0.2) is 146 Å². The molecule has 0 bridgehead atoms. The van der Waals surface area contributed by atoms with Gasteiger partial charge in [-0.05, 0) is 105 Å². The maximum absolute atomic E-state index is 5.39. The third kappa shape index (κ3) is 9.35. The summed E-state index contributed by atoms with van der Waals surface area (Å²) in [5.74, 6) is 1.65. The van der Waals surface area contributed by atoms with Crippen molar-refractivity contribution in [2.24, 2.45) is 0 Å². The summed E-state index contributed by atoms with van der Waals surface area (Å²) in [6.07, 6.45) is 13.0. The molecule has 0 fully saturated rings. The van der Waals surface area contributed by atoms with Crippen LogP contribution in [-0.4, -0.2) is 14.2 Å². The number of benzene rings is 6. The summed E-state index contributed by atoms with van der Waals surface area (Å²) in [6, 6.07) is 50.9. The van der Waals surface area contributed by atoms with Gasteiger partial charge in [-0.2, -0.15) is 0 Å². The highest BCUT2D eigenvalue weighted by Crippen LogP contribution is 2.36. The van der Waals surface area contributed by atoms with Crippen LogP contribution in [0.3, 0.4) is 0 Å². The first-order chi connectivity index (χ1) is 24.8. The lowest BCUT2D eigenvalue weighted by molar-refractivity contribution is 0.415. The quantitative estimate of drug-likeness (QED) is 0.128. The lowest BCUT2D eigenvalue weighted by Gasteiger charge is -2.26. The average molecular weight is 668 g/mol. The van der Waals surface area contributed by atoms with Crippen LogP contribution in [-0.2, 0) is 5.41 Å². The summed E-state index contributed by atoms with van der Waals surface area (Å²) in [7, 11) is 3.37. The van der Waals surface area contributed by atoms with Gasteiger partial charge in [-0.15, -0.1) is 0 Å². The van der Waals surface area contributed by atoms with E-state index >= 15 is 0 Å². The molecule has 0 amide bonds. The number of hydrogen-bond acceptors (Lipinski definition) is 3. The van der Waals surface area contributed by atoms with Gasteiger partial charge < -0.3 is 14.4 Å². The molecule has 0 saturated heterocycles. The van der Waals surface area contributed by atoms with Crippen molar-refractivity contribution in [3.63, 3.8) is 0 Å². The minimum atomic E-state index is 0.169. The number of nitrogens with zero attached hydrogens (tertiary/aromatic N) is 1. The molecule has 0 aliphatic heterocycles. The molecular weight excluding hydrogens is 623 g/mol. The van der Waals surface area contributed by atoms with Crippen LogP contribution < -0.4 is 14.4 Å². The van der Waals surface area contributed by atoms with Crippen molar-refractivity contribution < 1.29 is 9.47 Å². The normalized spacial score (nSPS) is 11.8. The van der Waals surface area contributed by atoms with E-state index in [-0.39, 0.29) is 5.41 Å². The van der Waals surface area contributed by atoms with Crippen LogP contribution in [0.25, 0.3) is 36.5 Å². The van der Waals surface area contributed by atoms with Crippen LogP contribution in [0, 0.1) is 0 Å². The maximum atomic E-state index is 5.39. The molecule has 3 nitrogen and oxygen atoms in total. The molecule has 254 valence electrons. The Bertz CT molecular complexity index is 2030. The number of hydrogen-bond donors (Lipinski definition) is 0. The van der Waals surface area contributed by atoms with Gasteiger partial charge in [-0.25, -0.2) is 0 Å². The largest absolute Gasteiger partial charge is 0.497 e. The van der Waals surface area contributed by atoms with E-state index in [1.54, 1.807) is 14.2 Å². The summed E-state index contributed by atoms with van der Waals surface area (Å²) in [6.45, 7) is 6.73. The lowest BCUT2D eigenvalue weighted by Crippen LogP contribution is -2.10. The fraction of sp³-hybridized carbons (Fsp3) is 0.125. The molecule has 3 heteroatoms. The van der Waals surface area contributed by atoms with Gasteiger partial charge in [0.1, 0.15) is 11.5 Å². The Hall–Kier alpha value is -6.06. The Balaban J connectivity index is 1.07. The molecule has 0 spiro atoms. The Morgan fingerprint density at radius 1 is 0.353 bits per heavy atom. The average Bonchev–Trinajstić information content (AvgIpc) is 3.17. The number of anilines is 3. The highest BCUT2D eigenvalue weighted by molar-refractivity contribution is 5.79. The summed E-state index contributed by atoms with van der Waals surface area (Å²) < 4.78 is 10.8. The van der Waals surface area contributed by atoms with Crippen molar-refractivity contribution in [2.45, 2.75) is 26.2 Å². The highest BCUT2D eigenvalue weighted by Gasteiger charge is 2.14. The number of methoxy groups -OCH3 is 2. The van der Waals surface area contributed by atoms with Crippen LogP contribution in [0.5, 0.6) is 11.5 Å². The van der Waals surface area contributed by atoms with Crippen molar-refractivity contribution in [1.29, 1.82) is 0 Å². The third-order valence-corrected chi connectivity index (χ3v) is 8.87. The number of rotatable bonds is 11. The van der Waals surface area contributed by atoms with Crippen molar-refractivity contribution in [2.75, 3.05) is 19.1 Å². The van der Waals surface area contributed by atoms with Crippen molar-refractivity contribution in [1.82, 2.24) is 0 Å². The molecule has 51 heavy (non-hydrogen) atoms. The van der Waals surface area contributed by atoms with Gasteiger partial charge in [0.05, 0.1) is 14.2 Å². The molecule has 0 unspecified atom stereocenters. The first-order valence-corrected chi connectivity index (χ1v) is 17.3. The molecule has 0 atom stereocenters. The van der Waals surface area contributed by atoms with Gasteiger partial charge in [0.15, 0.2) is 0 Å². The molecule has 6 aromatic carbocycles. The SMILES string of the molecule is COc1ccc(N(c2ccc(C=Cc3ccc(C=Cc4ccc(C=Cc5ccc(C(C)(C)C)cc5)cc4)cc3)cc2)c2ccc(OC)cc2)cc1. The molecule has 0 aromatic heterocycles. The molecule has 0 aliphatic carbocycles. The zero-order valence-electron chi connectivity index (χ0n) is 30.1. The van der Waals surface area contributed by atoms with E-state index in [1.807, 2.05) is 24.3 Å². The van der Waals surface area contributed by atoms with E-state index in [1.165, 1.54) is 22.3 Å². The monoisotopic (exact) mass is 667 g/mol. The molecular formula is C48H45NO2. The van der Waals surface area contributed by atoms with Crippen molar-refractivity contribution >= 4 is 53.5 Å². The van der Waals surface area contributed by atoms with Crippen LogP contribution in [0.1, 0.15) is 59.7 Å². The molecule has 0 radical (unpaired) electrons. The number of ether oxygens (including phenoxy) is 2. The first-order valence-electron chi connectivity index (χ1n) is 17.3. The van der Waals surface area contributed by atoms with Crippen LogP contribution in [0.2, 0.25) is 0 Å². The summed E-state index contributed by atoms with van der Waals surface area (Å²) >= 11 is 0. The van der Waals surface area contributed by atoms with E-state index in [0.717, 1.165) is 45.3 Å². The second-order valence-electron chi connectivity index (χ2n) is 13.5. The van der Waals surface area contributed by atoms with E-state index in [0.29, 0.717) is 0 Å².